The molecule has 1 N–H and O–H groups in total. The second-order valence-corrected chi connectivity index (χ2v) is 8.28. The van der Waals surface area contributed by atoms with Crippen LogP contribution in [0.15, 0.2) is 30.3 Å². The van der Waals surface area contributed by atoms with Gasteiger partial charge in [0.25, 0.3) is 0 Å². The highest BCUT2D eigenvalue weighted by molar-refractivity contribution is 8.00. The number of rotatable bonds is 3. The van der Waals surface area contributed by atoms with E-state index in [1.54, 1.807) is 11.8 Å². The Kier molecular flexibility index (Phi) is 5.06. The van der Waals surface area contributed by atoms with Crippen LogP contribution in [0.3, 0.4) is 0 Å². The van der Waals surface area contributed by atoms with Crippen molar-refractivity contribution in [3.05, 3.63) is 35.9 Å². The molecule has 1 aromatic carbocycles. The van der Waals surface area contributed by atoms with Crippen LogP contribution in [-0.4, -0.2) is 33.3 Å². The first kappa shape index (κ1) is 16.9. The predicted octanol–water partition coefficient (Wildman–Crippen LogP) is 4.07. The molecule has 3 rings (SSSR count). The molecule has 2 aliphatic rings. The summed E-state index contributed by atoms with van der Waals surface area (Å²) in [4.78, 5) is 2.39. The number of terminal acetylenes is 1. The fourth-order valence-electron chi connectivity index (χ4n) is 4.51. The molecule has 23 heavy (non-hydrogen) atoms. The van der Waals surface area contributed by atoms with Crippen LogP contribution in [-0.2, 0) is 0 Å². The number of thioether (sulfide) groups is 1. The molecule has 0 bridgehead atoms. The number of piperidine rings is 2. The highest BCUT2D eigenvalue weighted by Gasteiger charge is 2.51. The van der Waals surface area contributed by atoms with Gasteiger partial charge in [-0.15, -0.1) is 12.3 Å². The maximum atomic E-state index is 11.3. The van der Waals surface area contributed by atoms with E-state index in [0.29, 0.717) is 24.4 Å². The summed E-state index contributed by atoms with van der Waals surface area (Å²) < 4.78 is -0.227. The Balaban J connectivity index is 1.96. The van der Waals surface area contributed by atoms with E-state index < -0.39 is 6.23 Å². The molecule has 5 atom stereocenters. The van der Waals surface area contributed by atoms with Gasteiger partial charge in [0.15, 0.2) is 0 Å². The number of hydrogen-bond acceptors (Lipinski definition) is 3. The average molecular weight is 330 g/mol. The number of hydrogen-bond donors (Lipinski definition) is 1. The number of benzene rings is 1. The highest BCUT2D eigenvalue weighted by Crippen LogP contribution is 2.50. The van der Waals surface area contributed by atoms with Crippen LogP contribution in [0.4, 0.5) is 0 Å². The number of aliphatic hydroxyl groups excluding tert-OH is 1. The first-order valence-corrected chi connectivity index (χ1v) is 9.84. The Morgan fingerprint density at radius 3 is 2.70 bits per heavy atom. The van der Waals surface area contributed by atoms with Crippen molar-refractivity contribution in [3.63, 3.8) is 0 Å². The van der Waals surface area contributed by atoms with Gasteiger partial charge in [-0.05, 0) is 43.4 Å². The first-order chi connectivity index (χ1) is 11.1. The second kappa shape index (κ2) is 6.89. The molecular weight excluding hydrogens is 302 g/mol. The van der Waals surface area contributed by atoms with Gasteiger partial charge in [0.1, 0.15) is 6.23 Å². The summed E-state index contributed by atoms with van der Waals surface area (Å²) in [5, 5.41) is 11.3. The van der Waals surface area contributed by atoms with E-state index in [1.165, 1.54) is 12.0 Å². The molecule has 3 heteroatoms. The van der Waals surface area contributed by atoms with Crippen LogP contribution >= 0.6 is 11.8 Å². The molecule has 0 saturated carbocycles. The van der Waals surface area contributed by atoms with E-state index in [1.807, 2.05) is 0 Å². The lowest BCUT2D eigenvalue weighted by Crippen LogP contribution is -2.62. The van der Waals surface area contributed by atoms with Gasteiger partial charge in [0.2, 0.25) is 0 Å². The monoisotopic (exact) mass is 329 g/mol. The van der Waals surface area contributed by atoms with Crippen molar-refractivity contribution in [1.29, 1.82) is 0 Å². The topological polar surface area (TPSA) is 23.5 Å². The Hall–Kier alpha value is -0.950. The van der Waals surface area contributed by atoms with Crippen LogP contribution in [0.5, 0.6) is 0 Å². The number of aliphatic hydroxyl groups is 1. The van der Waals surface area contributed by atoms with Crippen LogP contribution in [0, 0.1) is 18.3 Å². The van der Waals surface area contributed by atoms with Crippen LogP contribution in [0.1, 0.15) is 50.6 Å². The third-order valence-electron chi connectivity index (χ3n) is 5.90. The van der Waals surface area contributed by atoms with Crippen LogP contribution in [0.2, 0.25) is 0 Å². The highest BCUT2D eigenvalue weighted by atomic mass is 32.2. The minimum atomic E-state index is -0.472. The molecule has 0 spiro atoms. The third kappa shape index (κ3) is 2.93. The summed E-state index contributed by atoms with van der Waals surface area (Å²) in [5.74, 6) is 3.45. The number of fused-ring (bicyclic) bond motifs is 1. The summed E-state index contributed by atoms with van der Waals surface area (Å²) >= 11 is 1.75. The molecule has 2 nitrogen and oxygen atoms in total. The summed E-state index contributed by atoms with van der Waals surface area (Å²) in [5.41, 5.74) is 1.32. The summed E-state index contributed by atoms with van der Waals surface area (Å²) in [6.45, 7) is 2.33. The van der Waals surface area contributed by atoms with Crippen LogP contribution < -0.4 is 0 Å². The van der Waals surface area contributed by atoms with Gasteiger partial charge in [-0.2, -0.15) is 11.8 Å². The molecule has 1 aromatic rings. The standard InChI is InChI=1S/C20H27NOS/c1-4-13-20(23-3)14-12-17-15(2)10-11-18(21(17)19(20)22)16-8-6-5-7-9-16/h1,5-9,15,17-19,22H,10-14H2,2-3H3/t15-,17+,18+,19-,20+/m0/s1. The fraction of sp³-hybridized carbons (Fsp3) is 0.600. The lowest BCUT2D eigenvalue weighted by molar-refractivity contribution is -0.134. The van der Waals surface area contributed by atoms with E-state index in [4.69, 9.17) is 6.42 Å². The van der Waals surface area contributed by atoms with Crippen molar-refractivity contribution >= 4 is 11.8 Å². The van der Waals surface area contributed by atoms with Gasteiger partial charge in [0.05, 0.1) is 4.75 Å². The molecule has 0 aromatic heterocycles. The molecular formula is C20H27NOS. The van der Waals surface area contributed by atoms with Gasteiger partial charge in [-0.25, -0.2) is 0 Å². The van der Waals surface area contributed by atoms with Crippen molar-refractivity contribution in [2.75, 3.05) is 6.26 Å². The zero-order chi connectivity index (χ0) is 16.4. The Morgan fingerprint density at radius 2 is 2.04 bits per heavy atom. The zero-order valence-electron chi connectivity index (χ0n) is 14.1. The van der Waals surface area contributed by atoms with Gasteiger partial charge >= 0.3 is 0 Å². The fourth-order valence-corrected chi connectivity index (χ4v) is 5.39. The number of nitrogens with zero attached hydrogens (tertiary/aromatic N) is 1. The Morgan fingerprint density at radius 1 is 1.30 bits per heavy atom. The van der Waals surface area contributed by atoms with Crippen molar-refractivity contribution < 1.29 is 5.11 Å². The normalized spacial score (nSPS) is 37.8. The Bertz CT molecular complexity index is 569. The molecule has 0 radical (unpaired) electrons. The van der Waals surface area contributed by atoms with Gasteiger partial charge in [-0.3, -0.25) is 4.90 Å². The SMILES string of the molecule is C#CC[C@@]1(SC)CC[C@@H]2[C@@H](C)CC[C@H](c3ccccc3)N2[C@H]1O. The van der Waals surface area contributed by atoms with Crippen LogP contribution in [0.25, 0.3) is 0 Å². The second-order valence-electron chi connectivity index (χ2n) is 7.06. The van der Waals surface area contributed by atoms with E-state index in [2.05, 4.69) is 54.3 Å². The minimum Gasteiger partial charge on any atom is -0.377 e. The van der Waals surface area contributed by atoms with Gasteiger partial charge in [0, 0.05) is 18.5 Å². The molecule has 0 unspecified atom stereocenters. The molecule has 2 aliphatic heterocycles. The summed E-state index contributed by atoms with van der Waals surface area (Å²) in [6.07, 6.45) is 12.4. The van der Waals surface area contributed by atoms with Crippen molar-refractivity contribution in [2.45, 2.75) is 62.1 Å². The van der Waals surface area contributed by atoms with E-state index in [0.717, 1.165) is 19.3 Å². The quantitative estimate of drug-likeness (QED) is 0.846. The summed E-state index contributed by atoms with van der Waals surface area (Å²) in [7, 11) is 0. The summed E-state index contributed by atoms with van der Waals surface area (Å²) in [6, 6.07) is 11.4. The zero-order valence-corrected chi connectivity index (χ0v) is 14.9. The molecule has 0 amide bonds. The Labute approximate surface area is 144 Å². The van der Waals surface area contributed by atoms with Gasteiger partial charge in [-0.1, -0.05) is 37.3 Å². The molecule has 2 fully saturated rings. The minimum absolute atomic E-state index is 0.227. The maximum absolute atomic E-state index is 11.3. The molecule has 2 saturated heterocycles. The lowest BCUT2D eigenvalue weighted by Gasteiger charge is -2.56. The molecule has 2 heterocycles. The largest absolute Gasteiger partial charge is 0.377 e. The van der Waals surface area contributed by atoms with Crippen molar-refractivity contribution in [3.8, 4) is 12.3 Å². The molecule has 124 valence electrons. The van der Waals surface area contributed by atoms with E-state index in [9.17, 15) is 5.11 Å². The van der Waals surface area contributed by atoms with Crippen molar-refractivity contribution in [2.24, 2.45) is 5.92 Å². The van der Waals surface area contributed by atoms with E-state index in [-0.39, 0.29) is 4.75 Å². The van der Waals surface area contributed by atoms with Gasteiger partial charge < -0.3 is 5.11 Å². The predicted molar refractivity (Wildman–Crippen MR) is 98.1 cm³/mol. The van der Waals surface area contributed by atoms with Crippen molar-refractivity contribution in [1.82, 2.24) is 4.90 Å². The first-order valence-electron chi connectivity index (χ1n) is 8.62. The average Bonchev–Trinajstić information content (AvgIpc) is 2.59. The maximum Gasteiger partial charge on any atom is 0.123 e. The third-order valence-corrected chi connectivity index (χ3v) is 7.28. The lowest BCUT2D eigenvalue weighted by atomic mass is 9.75. The smallest absolute Gasteiger partial charge is 0.123 e. The van der Waals surface area contributed by atoms with E-state index >= 15 is 0 Å². The molecule has 0 aliphatic carbocycles.